The van der Waals surface area contributed by atoms with E-state index < -0.39 is 0 Å². The lowest BCUT2D eigenvalue weighted by molar-refractivity contribution is -0.136. The first-order valence-electron chi connectivity index (χ1n) is 9.51. The van der Waals surface area contributed by atoms with Crippen LogP contribution in [-0.2, 0) is 23.2 Å². The zero-order valence-electron chi connectivity index (χ0n) is 15.5. The number of hydrogen-bond acceptors (Lipinski definition) is 3. The molecule has 0 spiro atoms. The highest BCUT2D eigenvalue weighted by Gasteiger charge is 2.35. The molecule has 6 nitrogen and oxygen atoms in total. The van der Waals surface area contributed by atoms with E-state index in [1.165, 1.54) is 0 Å². The predicted octanol–water partition coefficient (Wildman–Crippen LogP) is 2.15. The molecule has 2 fully saturated rings. The fourth-order valence-corrected chi connectivity index (χ4v) is 3.76. The van der Waals surface area contributed by atoms with E-state index in [4.69, 9.17) is 0 Å². The number of aromatic nitrogens is 2. The molecule has 2 amide bonds. The third-order valence-corrected chi connectivity index (χ3v) is 5.74. The molecule has 2 aliphatic rings. The predicted molar refractivity (Wildman–Crippen MR) is 99.3 cm³/mol. The van der Waals surface area contributed by atoms with Gasteiger partial charge in [0, 0.05) is 38.5 Å². The topological polar surface area (TPSA) is 67.2 Å². The second-order valence-corrected chi connectivity index (χ2v) is 7.63. The summed E-state index contributed by atoms with van der Waals surface area (Å²) in [6, 6.07) is 6.14. The van der Waals surface area contributed by atoms with Gasteiger partial charge in [-0.05, 0) is 50.3 Å². The number of carbonyl (C=O) groups excluding carboxylic acids is 2. The standard InChI is InChI=1S/C20H26N4O2/c1-13-22-17-11-14(3-6-18(17)23(13)2)12-21-19(25)15-7-9-24(10-8-15)20(26)16-4-5-16/h3,6,11,15-16H,4-5,7-10,12H2,1-2H3,(H,21,25). The van der Waals surface area contributed by atoms with Crippen molar-refractivity contribution in [2.75, 3.05) is 13.1 Å². The summed E-state index contributed by atoms with van der Waals surface area (Å²) in [5.41, 5.74) is 3.12. The molecule has 1 aliphatic carbocycles. The van der Waals surface area contributed by atoms with Crippen LogP contribution in [0.25, 0.3) is 11.0 Å². The minimum Gasteiger partial charge on any atom is -0.352 e. The smallest absolute Gasteiger partial charge is 0.225 e. The number of rotatable bonds is 4. The molecule has 1 aliphatic heterocycles. The first-order chi connectivity index (χ1) is 12.5. The van der Waals surface area contributed by atoms with Gasteiger partial charge < -0.3 is 14.8 Å². The van der Waals surface area contributed by atoms with Crippen molar-refractivity contribution in [2.45, 2.75) is 39.2 Å². The third-order valence-electron chi connectivity index (χ3n) is 5.74. The van der Waals surface area contributed by atoms with Gasteiger partial charge in [0.05, 0.1) is 11.0 Å². The molecule has 0 atom stereocenters. The molecule has 138 valence electrons. The van der Waals surface area contributed by atoms with E-state index >= 15 is 0 Å². The molecule has 6 heteroatoms. The number of carbonyl (C=O) groups is 2. The van der Waals surface area contributed by atoms with Gasteiger partial charge in [0.25, 0.3) is 0 Å². The maximum atomic E-state index is 12.5. The first-order valence-corrected chi connectivity index (χ1v) is 9.51. The Bertz CT molecular complexity index is 845. The molecule has 1 aromatic heterocycles. The Hall–Kier alpha value is -2.37. The molecule has 26 heavy (non-hydrogen) atoms. The Labute approximate surface area is 153 Å². The maximum Gasteiger partial charge on any atom is 0.225 e. The molecule has 0 bridgehead atoms. The van der Waals surface area contributed by atoms with E-state index in [9.17, 15) is 9.59 Å². The summed E-state index contributed by atoms with van der Waals surface area (Å²) in [6.45, 7) is 3.94. The monoisotopic (exact) mass is 354 g/mol. The van der Waals surface area contributed by atoms with Gasteiger partial charge in [0.2, 0.25) is 11.8 Å². The van der Waals surface area contributed by atoms with Crippen LogP contribution in [0.15, 0.2) is 18.2 Å². The largest absolute Gasteiger partial charge is 0.352 e. The van der Waals surface area contributed by atoms with Gasteiger partial charge in [-0.1, -0.05) is 6.07 Å². The highest BCUT2D eigenvalue weighted by Crippen LogP contribution is 2.32. The number of nitrogens with zero attached hydrogens (tertiary/aromatic N) is 3. The van der Waals surface area contributed by atoms with Crippen LogP contribution in [0.1, 0.15) is 37.1 Å². The normalized spacial score (nSPS) is 18.3. The molecule has 1 N–H and O–H groups in total. The van der Waals surface area contributed by atoms with E-state index in [0.717, 1.165) is 48.1 Å². The first kappa shape index (κ1) is 17.1. The minimum absolute atomic E-state index is 0.0130. The lowest BCUT2D eigenvalue weighted by Crippen LogP contribution is -2.43. The van der Waals surface area contributed by atoms with Crippen LogP contribution >= 0.6 is 0 Å². The molecule has 0 radical (unpaired) electrons. The number of benzene rings is 1. The van der Waals surface area contributed by atoms with Crippen molar-refractivity contribution < 1.29 is 9.59 Å². The summed E-state index contributed by atoms with van der Waals surface area (Å²) < 4.78 is 2.06. The van der Waals surface area contributed by atoms with Crippen LogP contribution in [0.5, 0.6) is 0 Å². The number of hydrogen-bond donors (Lipinski definition) is 1. The number of fused-ring (bicyclic) bond motifs is 1. The number of amides is 2. The zero-order chi connectivity index (χ0) is 18.3. The Morgan fingerprint density at radius 3 is 2.58 bits per heavy atom. The number of likely N-dealkylation sites (tertiary alicyclic amines) is 1. The summed E-state index contributed by atoms with van der Waals surface area (Å²) >= 11 is 0. The highest BCUT2D eigenvalue weighted by atomic mass is 16.2. The van der Waals surface area contributed by atoms with E-state index in [1.807, 2.05) is 31.0 Å². The lowest BCUT2D eigenvalue weighted by atomic mass is 9.95. The molecule has 2 heterocycles. The van der Waals surface area contributed by atoms with Crippen LogP contribution in [-0.4, -0.2) is 39.4 Å². The van der Waals surface area contributed by atoms with E-state index in [-0.39, 0.29) is 17.7 Å². The van der Waals surface area contributed by atoms with Crippen LogP contribution in [0.3, 0.4) is 0 Å². The fourth-order valence-electron chi connectivity index (χ4n) is 3.76. The quantitative estimate of drug-likeness (QED) is 0.915. The summed E-state index contributed by atoms with van der Waals surface area (Å²) in [5, 5.41) is 3.06. The van der Waals surface area contributed by atoms with Crippen molar-refractivity contribution >= 4 is 22.8 Å². The minimum atomic E-state index is 0.0130. The molecule has 0 unspecified atom stereocenters. The summed E-state index contributed by atoms with van der Waals surface area (Å²) in [4.78, 5) is 31.1. The summed E-state index contributed by atoms with van der Waals surface area (Å²) in [6.07, 6.45) is 3.62. The van der Waals surface area contributed by atoms with Crippen LogP contribution in [0, 0.1) is 18.8 Å². The Morgan fingerprint density at radius 2 is 1.88 bits per heavy atom. The number of imidazole rings is 1. The van der Waals surface area contributed by atoms with E-state index in [1.54, 1.807) is 0 Å². The van der Waals surface area contributed by atoms with Gasteiger partial charge in [0.15, 0.2) is 0 Å². The van der Waals surface area contributed by atoms with Crippen molar-refractivity contribution in [1.82, 2.24) is 19.8 Å². The fraction of sp³-hybridized carbons (Fsp3) is 0.550. The number of nitrogens with one attached hydrogen (secondary N) is 1. The van der Waals surface area contributed by atoms with Crippen molar-refractivity contribution in [3.63, 3.8) is 0 Å². The third kappa shape index (κ3) is 3.32. The molecular weight excluding hydrogens is 328 g/mol. The summed E-state index contributed by atoms with van der Waals surface area (Å²) in [7, 11) is 2.01. The second kappa shape index (κ2) is 6.74. The maximum absolute atomic E-state index is 12.5. The van der Waals surface area contributed by atoms with Gasteiger partial charge in [0.1, 0.15) is 5.82 Å². The Kier molecular flexibility index (Phi) is 4.42. The van der Waals surface area contributed by atoms with Gasteiger partial charge in [-0.15, -0.1) is 0 Å². The Morgan fingerprint density at radius 1 is 1.15 bits per heavy atom. The van der Waals surface area contributed by atoms with Crippen molar-refractivity contribution in [1.29, 1.82) is 0 Å². The van der Waals surface area contributed by atoms with Gasteiger partial charge in [-0.25, -0.2) is 4.98 Å². The average Bonchev–Trinajstić information content (AvgIpc) is 3.46. The Balaban J connectivity index is 1.30. The molecule has 1 saturated carbocycles. The molecular formula is C20H26N4O2. The summed E-state index contributed by atoms with van der Waals surface area (Å²) in [5.74, 6) is 1.65. The van der Waals surface area contributed by atoms with Crippen LogP contribution in [0.2, 0.25) is 0 Å². The van der Waals surface area contributed by atoms with E-state index in [0.29, 0.717) is 25.5 Å². The molecule has 1 saturated heterocycles. The highest BCUT2D eigenvalue weighted by molar-refractivity contribution is 5.82. The van der Waals surface area contributed by atoms with Crippen molar-refractivity contribution in [3.05, 3.63) is 29.6 Å². The van der Waals surface area contributed by atoms with Crippen molar-refractivity contribution in [2.24, 2.45) is 18.9 Å². The lowest BCUT2D eigenvalue weighted by Gasteiger charge is -2.31. The second-order valence-electron chi connectivity index (χ2n) is 7.63. The van der Waals surface area contributed by atoms with Gasteiger partial charge >= 0.3 is 0 Å². The number of piperidine rings is 1. The molecule has 1 aromatic carbocycles. The van der Waals surface area contributed by atoms with Crippen molar-refractivity contribution in [3.8, 4) is 0 Å². The molecule has 4 rings (SSSR count). The average molecular weight is 354 g/mol. The van der Waals surface area contributed by atoms with E-state index in [2.05, 4.69) is 20.9 Å². The zero-order valence-corrected chi connectivity index (χ0v) is 15.5. The van der Waals surface area contributed by atoms with Crippen LogP contribution in [0.4, 0.5) is 0 Å². The SMILES string of the molecule is Cc1nc2cc(CNC(=O)C3CCN(C(=O)C4CC4)CC3)ccc2n1C. The van der Waals surface area contributed by atoms with Crippen LogP contribution < -0.4 is 5.32 Å². The number of aryl methyl sites for hydroxylation is 2. The molecule has 2 aromatic rings. The van der Waals surface area contributed by atoms with Gasteiger partial charge in [-0.3, -0.25) is 9.59 Å². The van der Waals surface area contributed by atoms with Gasteiger partial charge in [-0.2, -0.15) is 0 Å².